The van der Waals surface area contributed by atoms with E-state index in [9.17, 15) is 34.0 Å². The maximum atomic E-state index is 16.8. The summed E-state index contributed by atoms with van der Waals surface area (Å²) in [6.45, 7) is 12.3. The summed E-state index contributed by atoms with van der Waals surface area (Å²) in [6, 6.07) is 47.3. The van der Waals surface area contributed by atoms with Crippen molar-refractivity contribution in [2.75, 3.05) is 56.6 Å². The van der Waals surface area contributed by atoms with Gasteiger partial charge in [-0.05, 0) is 111 Å². The van der Waals surface area contributed by atoms with Gasteiger partial charge in [-0.15, -0.1) is 0 Å². The maximum Gasteiger partial charge on any atom is 0.530 e. The van der Waals surface area contributed by atoms with Crippen molar-refractivity contribution in [3.8, 4) is 29.1 Å². The zero-order chi connectivity index (χ0) is 90.7. The van der Waals surface area contributed by atoms with Crippen molar-refractivity contribution in [3.05, 3.63) is 246 Å². The molecule has 6 aromatic carbocycles. The third-order valence-corrected chi connectivity index (χ3v) is 26.5. The van der Waals surface area contributed by atoms with E-state index in [0.29, 0.717) is 33.8 Å². The van der Waals surface area contributed by atoms with Crippen molar-refractivity contribution in [1.82, 2.24) is 53.3 Å². The van der Waals surface area contributed by atoms with Crippen molar-refractivity contribution in [2.45, 2.75) is 154 Å². The molecular weight excluding hydrogens is 1760 g/mol. The highest BCUT2D eigenvalue weighted by Crippen LogP contribution is 2.59. The van der Waals surface area contributed by atoms with Crippen molar-refractivity contribution < 1.29 is 88.1 Å². The van der Waals surface area contributed by atoms with E-state index >= 15 is 9.13 Å². The van der Waals surface area contributed by atoms with Crippen LogP contribution in [0.25, 0.3) is 22.3 Å². The number of nitriles is 1. The smallest absolute Gasteiger partial charge is 0.497 e. The van der Waals surface area contributed by atoms with Gasteiger partial charge in [0.1, 0.15) is 83.6 Å². The van der Waals surface area contributed by atoms with E-state index in [4.69, 9.17) is 87.8 Å². The fraction of sp³-hybridized carbons (Fsp3) is 0.372. The molecule has 0 radical (unpaired) electrons. The Morgan fingerprint density at radius 1 is 0.570 bits per heavy atom. The number of anilines is 3. The van der Waals surface area contributed by atoms with Crippen LogP contribution in [0.2, 0.25) is 10.0 Å². The Balaban J connectivity index is 0.852. The minimum absolute atomic E-state index is 0.000820. The number of halogens is 2. The van der Waals surface area contributed by atoms with Crippen LogP contribution in [0.15, 0.2) is 197 Å². The average Bonchev–Trinajstić information content (AvgIpc) is 1.30. The molecule has 3 amide bonds. The second-order valence-corrected chi connectivity index (χ2v) is 36.3. The lowest BCUT2D eigenvalue weighted by atomic mass is 9.80. The number of methoxy groups -OCH3 is 2. The normalized spacial score (nSPS) is 20.0. The molecule has 3 aliphatic heterocycles. The number of aromatic amines is 2. The van der Waals surface area contributed by atoms with Gasteiger partial charge in [-0.3, -0.25) is 76.4 Å². The molecule has 0 spiro atoms. The van der Waals surface area contributed by atoms with Gasteiger partial charge in [0.2, 0.25) is 23.7 Å². The van der Waals surface area contributed by atoms with Crippen LogP contribution >= 0.6 is 47.4 Å². The number of para-hydroxylation sites is 2. The van der Waals surface area contributed by atoms with E-state index in [1.165, 1.54) is 58.3 Å². The fourth-order valence-electron chi connectivity index (χ4n) is 14.6. The molecule has 14 rings (SSSR count). The number of nitrogens with zero attached hydrogens (tertiary/aromatic N) is 10. The Morgan fingerprint density at radius 2 is 1.01 bits per heavy atom. The minimum atomic E-state index is -5.38. The number of hydrogen-bond donors (Lipinski definition) is 5. The van der Waals surface area contributed by atoms with Gasteiger partial charge in [0.05, 0.1) is 81.9 Å². The molecule has 674 valence electrons. The Labute approximate surface area is 745 Å². The number of imidazole rings is 2. The van der Waals surface area contributed by atoms with E-state index in [-0.39, 0.29) is 99.5 Å². The molecule has 3 unspecified atom stereocenters. The number of carbonyl (C=O) groups is 3. The number of nitrogens with one attached hydrogen (secondary N) is 5. The number of aromatic nitrogens is 10. The molecule has 12 atom stereocenters. The Bertz CT molecular complexity index is 6030. The van der Waals surface area contributed by atoms with Gasteiger partial charge in [0, 0.05) is 54.9 Å². The van der Waals surface area contributed by atoms with Crippen LogP contribution in [0.3, 0.4) is 0 Å². The summed E-state index contributed by atoms with van der Waals surface area (Å²) < 4.78 is 132. The van der Waals surface area contributed by atoms with E-state index in [0.717, 1.165) is 4.57 Å². The van der Waals surface area contributed by atoms with Crippen LogP contribution in [-0.2, 0) is 70.4 Å². The number of fused-ring (bicyclic) bond motifs is 2. The third kappa shape index (κ3) is 21.6. The summed E-state index contributed by atoms with van der Waals surface area (Å²) in [5.74, 6) is -2.39. The van der Waals surface area contributed by atoms with Crippen LogP contribution in [0.4, 0.5) is 17.7 Å². The van der Waals surface area contributed by atoms with Gasteiger partial charge >= 0.3 is 21.3 Å². The summed E-state index contributed by atoms with van der Waals surface area (Å²) in [6.07, 6.45) is -9.02. The molecule has 128 heavy (non-hydrogen) atoms. The molecule has 37 nitrogen and oxygen atoms in total. The lowest BCUT2D eigenvalue weighted by molar-refractivity contribution is -0.119. The monoisotopic (exact) mass is 1850 g/mol. The maximum absolute atomic E-state index is 16.8. The van der Waals surface area contributed by atoms with E-state index in [2.05, 4.69) is 56.9 Å². The molecule has 3 aliphatic rings. The Hall–Kier alpha value is -11.0. The Morgan fingerprint density at radius 3 is 1.46 bits per heavy atom. The van der Waals surface area contributed by atoms with E-state index in [1.54, 1.807) is 121 Å². The molecule has 3 saturated heterocycles. The number of hydrogen-bond acceptors (Lipinski definition) is 29. The quantitative estimate of drug-likeness (QED) is 0.0136. The van der Waals surface area contributed by atoms with Gasteiger partial charge in [0.15, 0.2) is 22.3 Å². The molecule has 0 saturated carbocycles. The lowest BCUT2D eigenvalue weighted by Gasteiger charge is -2.37. The number of H-pyrrole nitrogens is 2. The predicted octanol–water partition coefficient (Wildman–Crippen LogP) is 15.0. The summed E-state index contributed by atoms with van der Waals surface area (Å²) in [5.41, 5.74) is -2.12. The number of benzene rings is 6. The molecule has 42 heteroatoms. The highest BCUT2D eigenvalue weighted by atomic mass is 35.5. The minimum Gasteiger partial charge on any atom is -0.497 e. The molecule has 5 N–H and O–H groups in total. The highest BCUT2D eigenvalue weighted by molar-refractivity contribution is 7.49. The SMILES string of the molecule is COc1ccc(C(OC[C@H]2O[C@@H](n3ccc(NC(=O)c4ccccc4)nc3=O)C[C@@H]2OP(=O)(OC[C@H]2O[C@@H](n3cnc4c(=O)[nH]c(NC(=O)C(C)C)nc43)C[C@@H]2OP(=O)(OC[C@H]2O[C@@H](n3cnc4c(=O)[nH]c(NC(=O)C(C)C)nc43)C[C@@H]2OP(OCCC#N)N(C(C)C)C(C)C)Oc2ccccc2Cl)Oc2ccccc2Cl)(c2ccccc2)c2ccc(OC)cc2)cc1. The third-order valence-electron chi connectivity index (χ3n) is 20.9. The standard InChI is InChI=1S/C86H94Cl2N15O22P3/c1-50(2)78(104)96-83-94-76-74(81(107)98-83)90-48-101(76)72-42-64(121-126(115-41-21-39-89)103(52(5)6)53(7)8)68(119-72)46-116-127(110,122-62-28-19-17-26-60(62)87)125-66-44-73(102-49-91-75-77(102)95-84(99-82(75)108)97-79(105)51(3)4)120-69(66)47-117-128(111,123-63-29-20-18-27-61(63)88)124-65-43-71(100-40-38-70(93-85(100)109)92-80(106)54-22-13-11-14-23-54)118-67(65)45-114-86(55-24-15-12-16-25-55,56-30-34-58(112-9)35-31-56)57-32-36-59(113-10)37-33-57/h11-20,22-38,40,48-53,64-69,71-73H,21,41-47H2,1-10H3,(H,92,93,106,109)(H2,94,96,98,104,107)(H2,95,97,99,105,108)/t64-,65-,66-,67+,68+,69+,71+,72+,73+,126?,127?,128?/m0/s1. The molecule has 0 bridgehead atoms. The largest absolute Gasteiger partial charge is 0.530 e. The van der Waals surface area contributed by atoms with Crippen LogP contribution in [0.5, 0.6) is 23.0 Å². The number of phosphoric acid groups is 2. The number of amides is 3. The van der Waals surface area contributed by atoms with Crippen molar-refractivity contribution >= 4 is 105 Å². The van der Waals surface area contributed by atoms with E-state index in [1.807, 2.05) is 87.0 Å². The van der Waals surface area contributed by atoms with Gasteiger partial charge in [0.25, 0.3) is 25.6 Å². The van der Waals surface area contributed by atoms with Crippen LogP contribution in [-0.4, -0.2) is 160 Å². The number of rotatable bonds is 39. The number of ether oxygens (including phenoxy) is 6. The van der Waals surface area contributed by atoms with Crippen LogP contribution < -0.4 is 51.3 Å². The predicted molar refractivity (Wildman–Crippen MR) is 471 cm³/mol. The first-order valence-corrected chi connectivity index (χ1v) is 45.8. The topological polar surface area (TPSA) is 440 Å². The molecule has 8 heterocycles. The van der Waals surface area contributed by atoms with Gasteiger partial charge < -0.3 is 51.8 Å². The van der Waals surface area contributed by atoms with Gasteiger partial charge in [-0.25, -0.2) is 28.6 Å². The first-order valence-electron chi connectivity index (χ1n) is 41.0. The van der Waals surface area contributed by atoms with E-state index < -0.39 is 158 Å². The highest BCUT2D eigenvalue weighted by Gasteiger charge is 2.52. The first kappa shape index (κ1) is 93.2. The molecule has 5 aromatic heterocycles. The summed E-state index contributed by atoms with van der Waals surface area (Å²) in [4.78, 5) is 109. The molecule has 3 fully saturated rings. The van der Waals surface area contributed by atoms with Crippen molar-refractivity contribution in [2.24, 2.45) is 11.8 Å². The van der Waals surface area contributed by atoms with Gasteiger partial charge in [-0.1, -0.05) is 148 Å². The first-order chi connectivity index (χ1) is 61.5. The summed E-state index contributed by atoms with van der Waals surface area (Å²) in [5, 5.41) is 17.5. The zero-order valence-corrected chi connectivity index (χ0v) is 75.2. The number of phosphoric ester groups is 2. The molecular formula is C86H94Cl2N15O22P3. The lowest BCUT2D eigenvalue weighted by Crippen LogP contribution is -2.38. The summed E-state index contributed by atoms with van der Waals surface area (Å²) >= 11 is 13.8. The summed E-state index contributed by atoms with van der Waals surface area (Å²) in [7, 11) is -9.70. The number of carbonyl (C=O) groups excluding carboxylic acids is 3. The second-order valence-electron chi connectivity index (χ2n) is 31.0. The Kier molecular flexibility index (Phi) is 30.0. The average molecular weight is 1850 g/mol. The van der Waals surface area contributed by atoms with Crippen molar-refractivity contribution in [3.63, 3.8) is 0 Å². The zero-order valence-electron chi connectivity index (χ0n) is 71.0. The van der Waals surface area contributed by atoms with Gasteiger partial charge in [-0.2, -0.15) is 20.2 Å². The van der Waals surface area contributed by atoms with Crippen LogP contribution in [0, 0.1) is 23.2 Å². The molecule has 11 aromatic rings. The van der Waals surface area contributed by atoms with Crippen LogP contribution in [0.1, 0.15) is 127 Å². The second kappa shape index (κ2) is 41.2. The fourth-order valence-corrected chi connectivity index (χ4v) is 19.7. The molecule has 0 aliphatic carbocycles. The van der Waals surface area contributed by atoms with Crippen molar-refractivity contribution in [1.29, 1.82) is 5.26 Å².